The van der Waals surface area contributed by atoms with E-state index in [0.29, 0.717) is 30.8 Å². The molecule has 5 nitrogen and oxygen atoms in total. The van der Waals surface area contributed by atoms with E-state index in [0.717, 1.165) is 11.1 Å². The molecule has 0 aliphatic carbocycles. The van der Waals surface area contributed by atoms with Crippen LogP contribution in [-0.4, -0.2) is 27.4 Å². The van der Waals surface area contributed by atoms with Crippen LogP contribution in [0.2, 0.25) is 0 Å². The zero-order valence-electron chi connectivity index (χ0n) is 13.7. The van der Waals surface area contributed by atoms with Crippen molar-refractivity contribution in [1.29, 1.82) is 0 Å². The number of sulfonamides is 1. The van der Waals surface area contributed by atoms with Crippen LogP contribution in [0.25, 0.3) is 0 Å². The van der Waals surface area contributed by atoms with Crippen molar-refractivity contribution in [3.05, 3.63) is 59.2 Å². The van der Waals surface area contributed by atoms with Gasteiger partial charge in [-0.1, -0.05) is 17.7 Å². The molecule has 0 atom stereocenters. The Labute approximate surface area is 142 Å². The van der Waals surface area contributed by atoms with E-state index in [9.17, 15) is 13.2 Å². The van der Waals surface area contributed by atoms with Gasteiger partial charge in [-0.05, 0) is 56.2 Å². The van der Waals surface area contributed by atoms with Crippen molar-refractivity contribution in [2.24, 2.45) is 0 Å². The predicted octanol–water partition coefficient (Wildman–Crippen LogP) is 2.50. The lowest BCUT2D eigenvalue weighted by Gasteiger charge is -2.20. The average molecular weight is 344 g/mol. The van der Waals surface area contributed by atoms with Gasteiger partial charge in [-0.3, -0.25) is 9.10 Å². The van der Waals surface area contributed by atoms with Crippen LogP contribution in [0.4, 0.5) is 5.69 Å². The summed E-state index contributed by atoms with van der Waals surface area (Å²) in [6, 6.07) is 12.0. The molecule has 0 spiro atoms. The Morgan fingerprint density at radius 1 is 1.17 bits per heavy atom. The first kappa shape index (κ1) is 16.5. The molecule has 0 saturated carbocycles. The Kier molecular flexibility index (Phi) is 4.32. The van der Waals surface area contributed by atoms with Crippen molar-refractivity contribution in [3.63, 3.8) is 0 Å². The van der Waals surface area contributed by atoms with Crippen molar-refractivity contribution >= 4 is 21.6 Å². The van der Waals surface area contributed by atoms with Crippen molar-refractivity contribution in [2.75, 3.05) is 17.4 Å². The Morgan fingerprint density at radius 3 is 2.54 bits per heavy atom. The fourth-order valence-electron chi connectivity index (χ4n) is 2.86. The lowest BCUT2D eigenvalue weighted by atomic mass is 10.1. The second kappa shape index (κ2) is 6.28. The molecule has 1 heterocycles. The molecular formula is C18H20N2O3S. The first-order chi connectivity index (χ1) is 11.4. The van der Waals surface area contributed by atoms with E-state index in [4.69, 9.17) is 0 Å². The molecule has 126 valence electrons. The fraction of sp³-hybridized carbons (Fsp3) is 0.278. The Bertz CT molecular complexity index is 874. The molecule has 0 aromatic heterocycles. The van der Waals surface area contributed by atoms with Crippen LogP contribution in [-0.2, 0) is 16.4 Å². The number of fused-ring (bicyclic) bond motifs is 1. The lowest BCUT2D eigenvalue weighted by molar-refractivity contribution is 0.0955. The smallest absolute Gasteiger partial charge is 0.264 e. The SMILES string of the molecule is CCNC(=O)c1ccc2c(c1)CCN2S(=O)(=O)c1ccc(C)cc1. The van der Waals surface area contributed by atoms with Crippen LogP contribution in [0.3, 0.4) is 0 Å². The summed E-state index contributed by atoms with van der Waals surface area (Å²) in [5, 5.41) is 2.75. The Morgan fingerprint density at radius 2 is 1.88 bits per heavy atom. The number of anilines is 1. The van der Waals surface area contributed by atoms with Gasteiger partial charge >= 0.3 is 0 Å². The summed E-state index contributed by atoms with van der Waals surface area (Å²) < 4.78 is 27.2. The summed E-state index contributed by atoms with van der Waals surface area (Å²) in [6.45, 7) is 4.74. The average Bonchev–Trinajstić information content (AvgIpc) is 2.99. The maximum atomic E-state index is 12.9. The van der Waals surface area contributed by atoms with Crippen molar-refractivity contribution in [1.82, 2.24) is 5.32 Å². The minimum Gasteiger partial charge on any atom is -0.352 e. The summed E-state index contributed by atoms with van der Waals surface area (Å²) in [7, 11) is -3.58. The number of amides is 1. The normalized spacial score (nSPS) is 13.7. The van der Waals surface area contributed by atoms with Crippen LogP contribution in [0.5, 0.6) is 0 Å². The molecule has 1 amide bonds. The molecule has 0 saturated heterocycles. The largest absolute Gasteiger partial charge is 0.352 e. The van der Waals surface area contributed by atoms with E-state index in [1.807, 2.05) is 13.8 Å². The third-order valence-electron chi connectivity index (χ3n) is 4.14. The van der Waals surface area contributed by atoms with Crippen molar-refractivity contribution < 1.29 is 13.2 Å². The van der Waals surface area contributed by atoms with E-state index in [1.165, 1.54) is 4.31 Å². The van der Waals surface area contributed by atoms with E-state index < -0.39 is 10.0 Å². The molecule has 2 aromatic rings. The number of hydrogen-bond acceptors (Lipinski definition) is 3. The molecule has 0 bridgehead atoms. The maximum absolute atomic E-state index is 12.9. The minimum absolute atomic E-state index is 0.139. The molecule has 0 radical (unpaired) electrons. The standard InChI is InChI=1S/C18H20N2O3S/c1-3-19-18(21)15-6-9-17-14(12-15)10-11-20(17)24(22,23)16-7-4-13(2)5-8-16/h4-9,12H,3,10-11H2,1-2H3,(H,19,21). The van der Waals surface area contributed by atoms with Gasteiger partial charge in [-0.2, -0.15) is 0 Å². The topological polar surface area (TPSA) is 66.5 Å². The van der Waals surface area contributed by atoms with Crippen LogP contribution in [0.1, 0.15) is 28.4 Å². The third-order valence-corrected chi connectivity index (χ3v) is 5.97. The van der Waals surface area contributed by atoms with Gasteiger partial charge in [0.2, 0.25) is 0 Å². The summed E-state index contributed by atoms with van der Waals surface area (Å²) in [4.78, 5) is 12.2. The highest BCUT2D eigenvalue weighted by atomic mass is 32.2. The van der Waals surface area contributed by atoms with E-state index in [-0.39, 0.29) is 10.8 Å². The van der Waals surface area contributed by atoms with E-state index >= 15 is 0 Å². The van der Waals surface area contributed by atoms with Crippen LogP contribution in [0.15, 0.2) is 47.4 Å². The number of rotatable bonds is 4. The monoisotopic (exact) mass is 344 g/mol. The number of hydrogen-bond donors (Lipinski definition) is 1. The van der Waals surface area contributed by atoms with E-state index in [2.05, 4.69) is 5.32 Å². The molecule has 1 aliphatic rings. The number of benzene rings is 2. The number of carbonyl (C=O) groups excluding carboxylic acids is 1. The first-order valence-corrected chi connectivity index (χ1v) is 9.38. The van der Waals surface area contributed by atoms with Gasteiger partial charge in [-0.15, -0.1) is 0 Å². The predicted molar refractivity (Wildman–Crippen MR) is 93.9 cm³/mol. The highest BCUT2D eigenvalue weighted by Gasteiger charge is 2.31. The number of nitrogens with one attached hydrogen (secondary N) is 1. The van der Waals surface area contributed by atoms with Gasteiger partial charge in [0.1, 0.15) is 0 Å². The molecule has 0 fully saturated rings. The van der Waals surface area contributed by atoms with E-state index in [1.54, 1.807) is 42.5 Å². The molecule has 2 aromatic carbocycles. The molecule has 24 heavy (non-hydrogen) atoms. The number of aryl methyl sites for hydroxylation is 1. The quantitative estimate of drug-likeness (QED) is 0.927. The Hall–Kier alpha value is -2.34. The molecule has 6 heteroatoms. The minimum atomic E-state index is -3.58. The maximum Gasteiger partial charge on any atom is 0.264 e. The fourth-order valence-corrected chi connectivity index (χ4v) is 4.37. The number of nitrogens with zero attached hydrogens (tertiary/aromatic N) is 1. The lowest BCUT2D eigenvalue weighted by Crippen LogP contribution is -2.29. The van der Waals surface area contributed by atoms with Gasteiger partial charge < -0.3 is 5.32 Å². The molecule has 3 rings (SSSR count). The van der Waals surface area contributed by atoms with Crippen LogP contribution < -0.4 is 9.62 Å². The summed E-state index contributed by atoms with van der Waals surface area (Å²) >= 11 is 0. The summed E-state index contributed by atoms with van der Waals surface area (Å²) in [5.74, 6) is -0.139. The number of carbonyl (C=O) groups is 1. The van der Waals surface area contributed by atoms with Gasteiger partial charge in [0.05, 0.1) is 10.6 Å². The zero-order chi connectivity index (χ0) is 17.3. The van der Waals surface area contributed by atoms with Crippen LogP contribution >= 0.6 is 0 Å². The first-order valence-electron chi connectivity index (χ1n) is 7.94. The highest BCUT2D eigenvalue weighted by Crippen LogP contribution is 2.33. The second-order valence-electron chi connectivity index (χ2n) is 5.84. The summed E-state index contributed by atoms with van der Waals surface area (Å²) in [5.41, 5.74) is 3.12. The Balaban J connectivity index is 1.94. The van der Waals surface area contributed by atoms with Crippen LogP contribution in [0, 0.1) is 6.92 Å². The van der Waals surface area contributed by atoms with Gasteiger partial charge in [0.25, 0.3) is 15.9 Å². The van der Waals surface area contributed by atoms with Gasteiger partial charge in [0.15, 0.2) is 0 Å². The molecule has 0 unspecified atom stereocenters. The molecule has 1 N–H and O–H groups in total. The highest BCUT2D eigenvalue weighted by molar-refractivity contribution is 7.92. The second-order valence-corrected chi connectivity index (χ2v) is 7.71. The van der Waals surface area contributed by atoms with Crippen molar-refractivity contribution in [3.8, 4) is 0 Å². The van der Waals surface area contributed by atoms with Gasteiger partial charge in [-0.25, -0.2) is 8.42 Å². The third kappa shape index (κ3) is 2.89. The summed E-state index contributed by atoms with van der Waals surface area (Å²) in [6.07, 6.45) is 0.605. The zero-order valence-corrected chi connectivity index (χ0v) is 14.6. The van der Waals surface area contributed by atoms with Gasteiger partial charge in [0, 0.05) is 18.7 Å². The molecule has 1 aliphatic heterocycles. The molecular weight excluding hydrogens is 324 g/mol. The van der Waals surface area contributed by atoms with Crippen molar-refractivity contribution in [2.45, 2.75) is 25.2 Å².